The van der Waals surface area contributed by atoms with Gasteiger partial charge in [-0.25, -0.2) is 13.4 Å². The minimum absolute atomic E-state index is 0.134. The van der Waals surface area contributed by atoms with Gasteiger partial charge < -0.3 is 10.0 Å². The summed E-state index contributed by atoms with van der Waals surface area (Å²) in [6.45, 7) is 0.436. The van der Waals surface area contributed by atoms with Crippen LogP contribution in [0.15, 0.2) is 40.7 Å². The number of thiazole rings is 1. The molecule has 0 saturated carbocycles. The minimum Gasteiger partial charge on any atom is -0.383 e. The first-order valence-corrected chi connectivity index (χ1v) is 9.21. The van der Waals surface area contributed by atoms with Crippen LogP contribution in [-0.2, 0) is 20.4 Å². The lowest BCUT2D eigenvalue weighted by Crippen LogP contribution is -2.29. The van der Waals surface area contributed by atoms with Crippen molar-refractivity contribution < 1.29 is 18.3 Å². The average molecular weight is 338 g/mol. The van der Waals surface area contributed by atoms with Crippen molar-refractivity contribution in [3.8, 4) is 0 Å². The molecule has 0 unspecified atom stereocenters. The van der Waals surface area contributed by atoms with E-state index in [0.717, 1.165) is 0 Å². The molecule has 1 aromatic carbocycles. The van der Waals surface area contributed by atoms with E-state index in [4.69, 9.17) is 0 Å². The van der Waals surface area contributed by atoms with Gasteiger partial charge in [-0.05, 0) is 24.3 Å². The maximum absolute atomic E-state index is 12.3. The molecule has 1 aliphatic rings. The second-order valence-electron chi connectivity index (χ2n) is 4.97. The lowest BCUT2D eigenvalue weighted by Gasteiger charge is -2.16. The largest absolute Gasteiger partial charge is 0.383 e. The first kappa shape index (κ1) is 15.1. The van der Waals surface area contributed by atoms with E-state index >= 15 is 0 Å². The Balaban J connectivity index is 1.81. The van der Waals surface area contributed by atoms with Crippen LogP contribution in [0.3, 0.4) is 0 Å². The van der Waals surface area contributed by atoms with E-state index < -0.39 is 15.9 Å². The van der Waals surface area contributed by atoms with Gasteiger partial charge in [-0.1, -0.05) is 0 Å². The minimum atomic E-state index is -3.45. The van der Waals surface area contributed by atoms with Crippen LogP contribution in [0.2, 0.25) is 0 Å². The van der Waals surface area contributed by atoms with Gasteiger partial charge >= 0.3 is 0 Å². The third kappa shape index (κ3) is 2.90. The summed E-state index contributed by atoms with van der Waals surface area (Å²) in [6, 6.07) is 6.14. The maximum Gasteiger partial charge on any atom is 0.255 e. The Morgan fingerprint density at radius 2 is 2.05 bits per heavy atom. The van der Waals surface area contributed by atoms with Gasteiger partial charge in [0.15, 0.2) is 9.84 Å². The Morgan fingerprint density at radius 1 is 1.32 bits per heavy atom. The molecule has 2 heterocycles. The summed E-state index contributed by atoms with van der Waals surface area (Å²) >= 11 is 1.30. The van der Waals surface area contributed by atoms with E-state index in [-0.39, 0.29) is 16.6 Å². The zero-order valence-corrected chi connectivity index (χ0v) is 13.2. The van der Waals surface area contributed by atoms with Crippen molar-refractivity contribution in [2.75, 3.05) is 11.4 Å². The van der Waals surface area contributed by atoms with Crippen LogP contribution in [-0.4, -0.2) is 37.1 Å². The standard InChI is InChI=1S/C14H14N2O4S2/c17-12-5-7-16(14(12)18)10-1-3-11(4-2-10)22(19,20)9-13-15-6-8-21-13/h1-4,6,8,12,17H,5,7,9H2/t12-/m1/s1. The smallest absolute Gasteiger partial charge is 0.255 e. The molecule has 0 aliphatic carbocycles. The highest BCUT2D eigenvalue weighted by Gasteiger charge is 2.30. The number of carbonyl (C=O) groups excluding carboxylic acids is 1. The fourth-order valence-corrected chi connectivity index (χ4v) is 4.58. The number of aliphatic hydroxyl groups is 1. The molecule has 1 amide bonds. The van der Waals surface area contributed by atoms with Gasteiger partial charge in [0, 0.05) is 30.2 Å². The Morgan fingerprint density at radius 3 is 2.59 bits per heavy atom. The zero-order valence-electron chi connectivity index (χ0n) is 11.5. The highest BCUT2D eigenvalue weighted by Crippen LogP contribution is 2.25. The van der Waals surface area contributed by atoms with Crippen molar-refractivity contribution in [3.05, 3.63) is 40.8 Å². The molecule has 8 heteroatoms. The van der Waals surface area contributed by atoms with Gasteiger partial charge in [0.05, 0.1) is 4.90 Å². The number of amides is 1. The molecule has 22 heavy (non-hydrogen) atoms. The molecule has 1 fully saturated rings. The third-order valence-corrected chi connectivity index (χ3v) is 6.09. The number of hydrogen-bond acceptors (Lipinski definition) is 6. The first-order chi connectivity index (χ1) is 10.5. The molecule has 1 N–H and O–H groups in total. The van der Waals surface area contributed by atoms with Crippen LogP contribution >= 0.6 is 11.3 Å². The van der Waals surface area contributed by atoms with Gasteiger partial charge in [-0.15, -0.1) is 11.3 Å². The number of benzene rings is 1. The van der Waals surface area contributed by atoms with Crippen molar-refractivity contribution in [1.29, 1.82) is 0 Å². The van der Waals surface area contributed by atoms with E-state index in [1.807, 2.05) is 0 Å². The van der Waals surface area contributed by atoms with Crippen molar-refractivity contribution in [2.24, 2.45) is 0 Å². The Bertz CT molecular complexity index is 770. The summed E-state index contributed by atoms with van der Waals surface area (Å²) in [4.78, 5) is 17.4. The van der Waals surface area contributed by atoms with E-state index in [1.54, 1.807) is 23.7 Å². The van der Waals surface area contributed by atoms with Crippen LogP contribution < -0.4 is 4.90 Å². The lowest BCUT2D eigenvalue weighted by molar-refractivity contribution is -0.123. The molecule has 3 rings (SSSR count). The van der Waals surface area contributed by atoms with Gasteiger partial charge in [0.1, 0.15) is 16.9 Å². The highest BCUT2D eigenvalue weighted by molar-refractivity contribution is 7.90. The Hall–Kier alpha value is -1.77. The molecule has 6 nitrogen and oxygen atoms in total. The summed E-state index contributed by atoms with van der Waals surface area (Å²) in [7, 11) is -3.45. The van der Waals surface area contributed by atoms with Crippen molar-refractivity contribution in [1.82, 2.24) is 4.98 Å². The van der Waals surface area contributed by atoms with E-state index in [2.05, 4.69) is 4.98 Å². The Kier molecular flexibility index (Phi) is 3.98. The van der Waals surface area contributed by atoms with Crippen LogP contribution in [0.1, 0.15) is 11.4 Å². The van der Waals surface area contributed by atoms with Crippen LogP contribution in [0, 0.1) is 0 Å². The summed E-state index contributed by atoms with van der Waals surface area (Å²) in [5.41, 5.74) is 0.592. The van der Waals surface area contributed by atoms with E-state index in [0.29, 0.717) is 23.7 Å². The second kappa shape index (κ2) is 5.79. The summed E-state index contributed by atoms with van der Waals surface area (Å²) in [5.74, 6) is -0.482. The maximum atomic E-state index is 12.3. The van der Waals surface area contributed by atoms with Crippen molar-refractivity contribution in [2.45, 2.75) is 23.2 Å². The van der Waals surface area contributed by atoms with Gasteiger partial charge in [-0.3, -0.25) is 4.79 Å². The van der Waals surface area contributed by atoms with Crippen LogP contribution in [0.4, 0.5) is 5.69 Å². The van der Waals surface area contributed by atoms with Crippen LogP contribution in [0.25, 0.3) is 0 Å². The highest BCUT2D eigenvalue weighted by atomic mass is 32.2. The zero-order chi connectivity index (χ0) is 15.7. The van der Waals surface area contributed by atoms with E-state index in [1.165, 1.54) is 28.4 Å². The number of rotatable bonds is 4. The number of hydrogen-bond donors (Lipinski definition) is 1. The van der Waals surface area contributed by atoms with Gasteiger partial charge in [-0.2, -0.15) is 0 Å². The molecule has 1 aromatic heterocycles. The number of aliphatic hydroxyl groups excluding tert-OH is 1. The number of carbonyl (C=O) groups is 1. The average Bonchev–Trinajstić information content (AvgIpc) is 3.10. The van der Waals surface area contributed by atoms with E-state index in [9.17, 15) is 18.3 Å². The molecule has 2 aromatic rings. The van der Waals surface area contributed by atoms with Crippen LogP contribution in [0.5, 0.6) is 0 Å². The summed E-state index contributed by atoms with van der Waals surface area (Å²) in [6.07, 6.45) is 1.000. The fraction of sp³-hybridized carbons (Fsp3) is 0.286. The number of sulfone groups is 1. The first-order valence-electron chi connectivity index (χ1n) is 6.68. The molecular formula is C14H14N2O4S2. The second-order valence-corrected chi connectivity index (χ2v) is 7.94. The molecule has 1 aliphatic heterocycles. The number of aromatic nitrogens is 1. The molecular weight excluding hydrogens is 324 g/mol. The molecule has 0 bridgehead atoms. The quantitative estimate of drug-likeness (QED) is 0.905. The normalized spacial score (nSPS) is 18.9. The molecule has 0 radical (unpaired) electrons. The summed E-state index contributed by atoms with van der Waals surface area (Å²) in [5, 5.41) is 11.7. The summed E-state index contributed by atoms with van der Waals surface area (Å²) < 4.78 is 24.6. The lowest BCUT2D eigenvalue weighted by atomic mass is 10.3. The van der Waals surface area contributed by atoms with Crippen molar-refractivity contribution in [3.63, 3.8) is 0 Å². The predicted octanol–water partition coefficient (Wildman–Crippen LogP) is 1.21. The number of anilines is 1. The molecule has 1 saturated heterocycles. The number of nitrogens with zero attached hydrogens (tertiary/aromatic N) is 2. The van der Waals surface area contributed by atoms with Gasteiger partial charge in [0.25, 0.3) is 5.91 Å². The molecule has 116 valence electrons. The molecule has 1 atom stereocenters. The SMILES string of the molecule is O=C1[C@H](O)CCN1c1ccc(S(=O)(=O)Cc2nccs2)cc1. The molecule has 0 spiro atoms. The third-order valence-electron chi connectivity index (χ3n) is 3.48. The topological polar surface area (TPSA) is 87.6 Å². The van der Waals surface area contributed by atoms with Gasteiger partial charge in [0.2, 0.25) is 0 Å². The predicted molar refractivity (Wildman–Crippen MR) is 82.4 cm³/mol. The Labute approximate surface area is 132 Å². The monoisotopic (exact) mass is 338 g/mol. The van der Waals surface area contributed by atoms with Crippen molar-refractivity contribution >= 4 is 32.8 Å². The fourth-order valence-electron chi connectivity index (χ4n) is 2.32.